The molecule has 1 rings (SSSR count). The van der Waals surface area contributed by atoms with Crippen molar-refractivity contribution in [2.45, 2.75) is 19.3 Å². The number of hydrogen-bond acceptors (Lipinski definition) is 4. The lowest BCUT2D eigenvalue weighted by molar-refractivity contribution is -0.156. The highest BCUT2D eigenvalue weighted by molar-refractivity contribution is 6.17. The van der Waals surface area contributed by atoms with E-state index >= 15 is 0 Å². The van der Waals surface area contributed by atoms with Gasteiger partial charge in [0, 0.05) is 18.7 Å². The number of hydrogen-bond donors (Lipinski definition) is 1. The lowest BCUT2D eigenvalue weighted by atomic mass is 10.0. The van der Waals surface area contributed by atoms with Crippen molar-refractivity contribution >= 4 is 29.4 Å². The molecule has 2 amide bonds. The maximum atomic E-state index is 11.7. The van der Waals surface area contributed by atoms with Gasteiger partial charge in [0.2, 0.25) is 11.8 Å². The summed E-state index contributed by atoms with van der Waals surface area (Å²) in [5.41, 5.74) is 2.43. The molecule has 7 heteroatoms. The van der Waals surface area contributed by atoms with Gasteiger partial charge in [0.1, 0.15) is 0 Å². The van der Waals surface area contributed by atoms with Crippen LogP contribution in [0.4, 0.5) is 0 Å². The van der Waals surface area contributed by atoms with Gasteiger partial charge in [0.15, 0.2) is 0 Å². The Kier molecular flexibility index (Phi) is 5.21. The molecular weight excluding hydrogens is 248 g/mol. The van der Waals surface area contributed by atoms with Gasteiger partial charge in [-0.1, -0.05) is 0 Å². The number of rotatable bonds is 4. The van der Waals surface area contributed by atoms with Gasteiger partial charge in [-0.15, -0.1) is 11.6 Å². The fourth-order valence-corrected chi connectivity index (χ4v) is 1.73. The van der Waals surface area contributed by atoms with Crippen molar-refractivity contribution in [3.63, 3.8) is 0 Å². The lowest BCUT2D eigenvalue weighted by Gasteiger charge is -2.31. The smallest absolute Gasteiger partial charge is 0.311 e. The van der Waals surface area contributed by atoms with Crippen LogP contribution >= 0.6 is 11.6 Å². The topological polar surface area (TPSA) is 75.7 Å². The summed E-state index contributed by atoms with van der Waals surface area (Å²) in [5, 5.41) is 1.17. The Balaban J connectivity index is 2.58. The van der Waals surface area contributed by atoms with E-state index in [1.54, 1.807) is 0 Å². The van der Waals surface area contributed by atoms with Gasteiger partial charge in [0.25, 0.3) is 0 Å². The van der Waals surface area contributed by atoms with Crippen LogP contribution < -0.4 is 5.43 Å². The van der Waals surface area contributed by atoms with E-state index in [9.17, 15) is 14.4 Å². The van der Waals surface area contributed by atoms with Crippen molar-refractivity contribution in [2.24, 2.45) is 5.92 Å². The fourth-order valence-electron chi connectivity index (χ4n) is 1.59. The van der Waals surface area contributed by atoms with E-state index in [0.717, 1.165) is 0 Å². The van der Waals surface area contributed by atoms with Gasteiger partial charge in [-0.25, -0.2) is 0 Å². The highest BCUT2D eigenvalue weighted by Gasteiger charge is 2.32. The first-order valence-corrected chi connectivity index (χ1v) is 5.85. The van der Waals surface area contributed by atoms with E-state index in [0.29, 0.717) is 12.3 Å². The molecule has 1 fully saturated rings. The molecule has 1 atom stereocenters. The molecular formula is C10H15ClN2O4. The van der Waals surface area contributed by atoms with E-state index in [1.165, 1.54) is 12.1 Å². The minimum Gasteiger partial charge on any atom is -0.469 e. The zero-order chi connectivity index (χ0) is 12.8. The van der Waals surface area contributed by atoms with Crippen molar-refractivity contribution in [3.05, 3.63) is 0 Å². The van der Waals surface area contributed by atoms with Crippen molar-refractivity contribution in [1.29, 1.82) is 0 Å². The molecule has 0 bridgehead atoms. The average Bonchev–Trinajstić information content (AvgIpc) is 2.34. The predicted molar refractivity (Wildman–Crippen MR) is 59.9 cm³/mol. The quantitative estimate of drug-likeness (QED) is 0.574. The Morgan fingerprint density at radius 1 is 1.59 bits per heavy atom. The van der Waals surface area contributed by atoms with E-state index in [-0.39, 0.29) is 31.2 Å². The zero-order valence-electron chi connectivity index (χ0n) is 9.57. The number of amides is 2. The fraction of sp³-hybridized carbons (Fsp3) is 0.700. The van der Waals surface area contributed by atoms with Crippen LogP contribution in [0.2, 0.25) is 0 Å². The number of carbonyl (C=O) groups is 3. The Morgan fingerprint density at radius 3 is 2.88 bits per heavy atom. The summed E-state index contributed by atoms with van der Waals surface area (Å²) in [4.78, 5) is 34.3. The maximum Gasteiger partial charge on any atom is 0.311 e. The standard InChI is InChI=1S/C10H15ClN2O4/c1-17-10(16)7-5-8(14)12-13(6-7)9(15)3-2-4-11/h7H,2-6H2,1H3,(H,12,14). The van der Waals surface area contributed by atoms with Gasteiger partial charge < -0.3 is 4.74 Å². The third kappa shape index (κ3) is 3.89. The summed E-state index contributed by atoms with van der Waals surface area (Å²) in [7, 11) is 1.26. The van der Waals surface area contributed by atoms with E-state index in [2.05, 4.69) is 10.2 Å². The number of nitrogens with one attached hydrogen (secondary N) is 1. The SMILES string of the molecule is COC(=O)C1CC(=O)NN(C(=O)CCCCl)C1. The van der Waals surface area contributed by atoms with Crippen LogP contribution in [0.15, 0.2) is 0 Å². The largest absolute Gasteiger partial charge is 0.469 e. The Hall–Kier alpha value is -1.30. The minimum absolute atomic E-state index is 0.0476. The number of nitrogens with zero attached hydrogens (tertiary/aromatic N) is 1. The highest BCUT2D eigenvalue weighted by atomic mass is 35.5. The van der Waals surface area contributed by atoms with Gasteiger partial charge in [-0.3, -0.25) is 24.8 Å². The number of esters is 1. The summed E-state index contributed by atoms with van der Waals surface area (Å²) < 4.78 is 4.57. The van der Waals surface area contributed by atoms with Crippen molar-refractivity contribution < 1.29 is 19.1 Å². The molecule has 0 radical (unpaired) electrons. The first kappa shape index (κ1) is 13.8. The maximum absolute atomic E-state index is 11.7. The second-order valence-electron chi connectivity index (χ2n) is 3.76. The molecule has 1 heterocycles. The zero-order valence-corrected chi connectivity index (χ0v) is 10.3. The lowest BCUT2D eigenvalue weighted by Crippen LogP contribution is -2.54. The van der Waals surface area contributed by atoms with Crippen LogP contribution in [0.5, 0.6) is 0 Å². The second-order valence-corrected chi connectivity index (χ2v) is 4.13. The number of methoxy groups -OCH3 is 1. The predicted octanol–water partition coefficient (Wildman–Crippen LogP) is 0.0581. The number of halogens is 1. The van der Waals surface area contributed by atoms with Crippen molar-refractivity contribution in [3.8, 4) is 0 Å². The molecule has 1 N–H and O–H groups in total. The molecule has 96 valence electrons. The van der Waals surface area contributed by atoms with Crippen LogP contribution in [-0.2, 0) is 19.1 Å². The molecule has 0 aromatic carbocycles. The Morgan fingerprint density at radius 2 is 2.29 bits per heavy atom. The molecule has 0 spiro atoms. The molecule has 0 aromatic heterocycles. The summed E-state index contributed by atoms with van der Waals surface area (Å²) in [6.07, 6.45) is 0.833. The molecule has 0 aromatic rings. The number of alkyl halides is 1. The van der Waals surface area contributed by atoms with Gasteiger partial charge in [-0.05, 0) is 6.42 Å². The van der Waals surface area contributed by atoms with Gasteiger partial charge >= 0.3 is 5.97 Å². The number of carbonyl (C=O) groups excluding carboxylic acids is 3. The van der Waals surface area contributed by atoms with E-state index in [4.69, 9.17) is 11.6 Å². The van der Waals surface area contributed by atoms with Crippen molar-refractivity contribution in [1.82, 2.24) is 10.4 Å². The molecule has 0 saturated carbocycles. The first-order valence-electron chi connectivity index (χ1n) is 5.32. The monoisotopic (exact) mass is 262 g/mol. The molecule has 1 aliphatic heterocycles. The highest BCUT2D eigenvalue weighted by Crippen LogP contribution is 2.13. The molecule has 1 saturated heterocycles. The summed E-state index contributed by atoms with van der Waals surface area (Å²) in [5.74, 6) is -1.28. The minimum atomic E-state index is -0.589. The van der Waals surface area contributed by atoms with Crippen molar-refractivity contribution in [2.75, 3.05) is 19.5 Å². The number of hydrazine groups is 1. The summed E-state index contributed by atoms with van der Waals surface area (Å²) >= 11 is 5.48. The second kappa shape index (κ2) is 6.44. The van der Waals surface area contributed by atoms with Crippen LogP contribution in [0.1, 0.15) is 19.3 Å². The van der Waals surface area contributed by atoms with E-state index < -0.39 is 11.9 Å². The van der Waals surface area contributed by atoms with Crippen LogP contribution in [0, 0.1) is 5.92 Å². The third-order valence-electron chi connectivity index (χ3n) is 2.45. The summed E-state index contributed by atoms with van der Waals surface area (Å²) in [6, 6.07) is 0. The first-order chi connectivity index (χ1) is 8.08. The average molecular weight is 263 g/mol. The third-order valence-corrected chi connectivity index (χ3v) is 2.72. The molecule has 0 aliphatic carbocycles. The number of ether oxygens (including phenoxy) is 1. The Labute approximate surface area is 104 Å². The molecule has 6 nitrogen and oxygen atoms in total. The van der Waals surface area contributed by atoms with Gasteiger partial charge in [-0.2, -0.15) is 0 Å². The molecule has 17 heavy (non-hydrogen) atoms. The van der Waals surface area contributed by atoms with E-state index in [1.807, 2.05) is 0 Å². The van der Waals surface area contributed by atoms with Crippen LogP contribution in [-0.4, -0.2) is 42.3 Å². The van der Waals surface area contributed by atoms with Crippen LogP contribution in [0.3, 0.4) is 0 Å². The molecule has 1 aliphatic rings. The van der Waals surface area contributed by atoms with Crippen LogP contribution in [0.25, 0.3) is 0 Å². The Bertz CT molecular complexity index is 321. The van der Waals surface area contributed by atoms with Gasteiger partial charge in [0.05, 0.1) is 19.6 Å². The molecule has 1 unspecified atom stereocenters. The normalized spacial score (nSPS) is 19.8. The summed E-state index contributed by atoms with van der Waals surface area (Å²) in [6.45, 7) is 0.152.